The number of fused-ring (bicyclic) bond motifs is 14. The molecule has 0 bridgehead atoms. The number of benzene rings is 8. The highest BCUT2D eigenvalue weighted by molar-refractivity contribution is 7.78. The molecule has 11 rings (SSSR count). The van der Waals surface area contributed by atoms with Crippen LogP contribution in [0.25, 0.3) is 81.7 Å². The van der Waals surface area contributed by atoms with Crippen molar-refractivity contribution < 1.29 is 4.57 Å². The van der Waals surface area contributed by atoms with E-state index >= 15 is 4.57 Å². The average Bonchev–Trinajstić information content (AvgIpc) is 3.74. The zero-order chi connectivity index (χ0) is 33.0. The molecule has 0 saturated heterocycles. The van der Waals surface area contributed by atoms with Gasteiger partial charge in [0.2, 0.25) is 7.29 Å². The lowest BCUT2D eigenvalue weighted by atomic mass is 9.97. The van der Waals surface area contributed by atoms with Gasteiger partial charge < -0.3 is 0 Å². The minimum Gasteiger partial charge on any atom is -0.292 e. The molecule has 8 aromatic carbocycles. The van der Waals surface area contributed by atoms with Gasteiger partial charge in [0.1, 0.15) is 5.65 Å². The lowest BCUT2D eigenvalue weighted by Crippen LogP contribution is -2.23. The third-order valence-corrected chi connectivity index (χ3v) is 13.5. The Labute approximate surface area is 286 Å². The summed E-state index contributed by atoms with van der Waals surface area (Å²) in [6.45, 7) is 0. The molecule has 1 unspecified atom stereocenters. The predicted molar refractivity (Wildman–Crippen MR) is 211 cm³/mol. The fourth-order valence-electron chi connectivity index (χ4n) is 8.41. The van der Waals surface area contributed by atoms with Crippen LogP contribution < -0.4 is 10.6 Å². The lowest BCUT2D eigenvalue weighted by molar-refractivity contribution is 0.584. The third kappa shape index (κ3) is 3.56. The van der Waals surface area contributed by atoms with E-state index in [9.17, 15) is 0 Å². The monoisotopic (exact) mass is 657 g/mol. The van der Waals surface area contributed by atoms with Crippen LogP contribution in [0.15, 0.2) is 170 Å². The first-order valence-electron chi connectivity index (χ1n) is 16.9. The molecular weight excluding hydrogens is 629 g/mol. The Kier molecular flexibility index (Phi) is 5.62. The van der Waals surface area contributed by atoms with Crippen LogP contribution >= 0.6 is 7.29 Å². The maximum atomic E-state index is 17.3. The molecule has 1 atom stereocenters. The number of rotatable bonds is 3. The summed E-state index contributed by atoms with van der Waals surface area (Å²) < 4.78 is 21.8. The highest BCUT2D eigenvalue weighted by Crippen LogP contribution is 2.54. The van der Waals surface area contributed by atoms with E-state index in [1.807, 2.05) is 36.4 Å². The van der Waals surface area contributed by atoms with Crippen LogP contribution in [-0.2, 0) is 4.57 Å². The van der Waals surface area contributed by atoms with Crippen molar-refractivity contribution in [3.63, 3.8) is 0 Å². The SMILES string of the molecule is O=P(c1ccccc1)(c1c2ccccc2cc2c1c1ccc3ccccc3c1c1nc3ccccc3n21)n1c2ccccc2c2ccccc21. The summed E-state index contributed by atoms with van der Waals surface area (Å²) in [6, 6.07) is 58.9. The van der Waals surface area contributed by atoms with Gasteiger partial charge in [-0.3, -0.25) is 13.3 Å². The second-order valence-electron chi connectivity index (χ2n) is 13.1. The van der Waals surface area contributed by atoms with Gasteiger partial charge in [0.25, 0.3) is 0 Å². The standard InChI is InChI=1S/C45H28N3OP/c49-50(31-16-2-1-3-17-31,48-38-23-11-8-20-34(38)35-21-9-12-24-39(35)48)44-33-19-7-5-15-30(33)28-41-43(44)36-27-26-29-14-4-6-18-32(29)42(36)45-46-37-22-10-13-25-40(37)47(41)45/h1-28H. The van der Waals surface area contributed by atoms with Crippen LogP contribution in [-0.4, -0.2) is 13.7 Å². The van der Waals surface area contributed by atoms with Gasteiger partial charge in [-0.15, -0.1) is 0 Å². The van der Waals surface area contributed by atoms with Crippen molar-refractivity contribution in [2.75, 3.05) is 0 Å². The summed E-state index contributed by atoms with van der Waals surface area (Å²) in [5.41, 5.74) is 5.74. The fourth-order valence-corrected chi connectivity index (χ4v) is 11.7. The second-order valence-corrected chi connectivity index (χ2v) is 15.6. The molecule has 0 aliphatic carbocycles. The molecule has 3 aromatic heterocycles. The molecule has 5 heteroatoms. The number of hydrogen-bond donors (Lipinski definition) is 0. The van der Waals surface area contributed by atoms with Crippen LogP contribution in [0.3, 0.4) is 0 Å². The third-order valence-electron chi connectivity index (χ3n) is 10.5. The molecule has 0 radical (unpaired) electrons. The summed E-state index contributed by atoms with van der Waals surface area (Å²) in [5, 5.41) is 11.2. The van der Waals surface area contributed by atoms with Crippen LogP contribution in [0.2, 0.25) is 0 Å². The molecule has 11 aromatic rings. The molecule has 0 saturated carbocycles. The molecular formula is C45H28N3OP. The van der Waals surface area contributed by atoms with Crippen molar-refractivity contribution >= 4 is 99.6 Å². The van der Waals surface area contributed by atoms with Gasteiger partial charge in [-0.25, -0.2) is 4.98 Å². The Morgan fingerprint density at radius 1 is 0.440 bits per heavy atom. The van der Waals surface area contributed by atoms with E-state index in [0.29, 0.717) is 0 Å². The van der Waals surface area contributed by atoms with E-state index in [0.717, 1.165) is 92.3 Å². The normalized spacial score (nSPS) is 13.4. The maximum Gasteiger partial charge on any atom is 0.235 e. The highest BCUT2D eigenvalue weighted by Gasteiger charge is 2.37. The van der Waals surface area contributed by atoms with Crippen LogP contribution in [0.5, 0.6) is 0 Å². The smallest absolute Gasteiger partial charge is 0.235 e. The number of hydrogen-bond acceptors (Lipinski definition) is 2. The van der Waals surface area contributed by atoms with E-state index in [1.54, 1.807) is 0 Å². The minimum atomic E-state index is -3.71. The molecule has 0 aliphatic rings. The van der Waals surface area contributed by atoms with Gasteiger partial charge in [0, 0.05) is 26.8 Å². The molecule has 0 aliphatic heterocycles. The topological polar surface area (TPSA) is 39.3 Å². The quantitative estimate of drug-likeness (QED) is 0.108. The van der Waals surface area contributed by atoms with Crippen molar-refractivity contribution in [3.05, 3.63) is 170 Å². The van der Waals surface area contributed by atoms with Crippen molar-refractivity contribution in [3.8, 4) is 0 Å². The largest absolute Gasteiger partial charge is 0.292 e. The lowest BCUT2D eigenvalue weighted by Gasteiger charge is -2.27. The number of imidazole rings is 1. The van der Waals surface area contributed by atoms with Gasteiger partial charge in [-0.2, -0.15) is 0 Å². The van der Waals surface area contributed by atoms with Crippen molar-refractivity contribution in [2.45, 2.75) is 0 Å². The summed E-state index contributed by atoms with van der Waals surface area (Å²) in [6.07, 6.45) is 0. The second kappa shape index (κ2) is 10.1. The van der Waals surface area contributed by atoms with Gasteiger partial charge >= 0.3 is 0 Å². The number of aromatic nitrogens is 3. The Balaban J connectivity index is 1.49. The van der Waals surface area contributed by atoms with Gasteiger partial charge in [-0.1, -0.05) is 127 Å². The maximum absolute atomic E-state index is 17.3. The number of nitrogens with zero attached hydrogens (tertiary/aromatic N) is 3. The number of pyridine rings is 1. The molecule has 0 fully saturated rings. The van der Waals surface area contributed by atoms with E-state index in [4.69, 9.17) is 4.98 Å². The van der Waals surface area contributed by atoms with Gasteiger partial charge in [0.15, 0.2) is 0 Å². The number of para-hydroxylation sites is 4. The Morgan fingerprint density at radius 3 is 1.76 bits per heavy atom. The zero-order valence-electron chi connectivity index (χ0n) is 26.9. The predicted octanol–water partition coefficient (Wildman–Crippen LogP) is 11.0. The zero-order valence-corrected chi connectivity index (χ0v) is 27.8. The summed E-state index contributed by atoms with van der Waals surface area (Å²) in [4.78, 5) is 5.29. The highest BCUT2D eigenvalue weighted by atomic mass is 31.2. The van der Waals surface area contributed by atoms with E-state index in [1.165, 1.54) is 0 Å². The van der Waals surface area contributed by atoms with Gasteiger partial charge in [0.05, 0.1) is 32.9 Å². The molecule has 0 N–H and O–H groups in total. The first-order valence-corrected chi connectivity index (χ1v) is 18.6. The Bertz CT molecular complexity index is 3190. The first kappa shape index (κ1) is 27.7. The molecule has 0 amide bonds. The Hall–Kier alpha value is -6.22. The van der Waals surface area contributed by atoms with Crippen molar-refractivity contribution in [1.82, 2.24) is 13.7 Å². The molecule has 0 spiro atoms. The summed E-state index contributed by atoms with van der Waals surface area (Å²) in [5.74, 6) is 0. The van der Waals surface area contributed by atoms with E-state index in [-0.39, 0.29) is 0 Å². The van der Waals surface area contributed by atoms with Crippen molar-refractivity contribution in [1.29, 1.82) is 0 Å². The minimum absolute atomic E-state index is 0.786. The summed E-state index contributed by atoms with van der Waals surface area (Å²) in [7, 11) is -3.71. The van der Waals surface area contributed by atoms with E-state index < -0.39 is 7.29 Å². The molecule has 4 nitrogen and oxygen atoms in total. The molecule has 50 heavy (non-hydrogen) atoms. The summed E-state index contributed by atoms with van der Waals surface area (Å²) >= 11 is 0. The van der Waals surface area contributed by atoms with Crippen LogP contribution in [0.4, 0.5) is 0 Å². The van der Waals surface area contributed by atoms with Gasteiger partial charge in [-0.05, 0) is 69.4 Å². The first-order chi connectivity index (χ1) is 24.7. The molecule has 234 valence electrons. The average molecular weight is 658 g/mol. The van der Waals surface area contributed by atoms with Crippen molar-refractivity contribution in [2.24, 2.45) is 0 Å². The molecule has 3 heterocycles. The Morgan fingerprint density at radius 2 is 1.02 bits per heavy atom. The van der Waals surface area contributed by atoms with Crippen LogP contribution in [0, 0.1) is 0 Å². The van der Waals surface area contributed by atoms with Crippen LogP contribution in [0.1, 0.15) is 0 Å². The fraction of sp³-hybridized carbons (Fsp3) is 0. The van der Waals surface area contributed by atoms with E-state index in [2.05, 4.69) is 142 Å².